The minimum atomic E-state index is -7.59. The van der Waals surface area contributed by atoms with Gasteiger partial charge in [0.1, 0.15) is 0 Å². The first-order valence-corrected chi connectivity index (χ1v) is 4.18. The van der Waals surface area contributed by atoms with Crippen LogP contribution in [0.4, 0.5) is 57.1 Å². The molecule has 0 aliphatic heterocycles. The van der Waals surface area contributed by atoms with Crippen LogP contribution < -0.4 is 0 Å². The van der Waals surface area contributed by atoms with Crippen LogP contribution >= 0.6 is 0 Å². The van der Waals surface area contributed by atoms with Crippen LogP contribution in [0.5, 0.6) is 0 Å². The topological polar surface area (TPSA) is 20.2 Å². The Morgan fingerprint density at radius 3 is 1.14 bits per heavy atom. The molecule has 0 radical (unpaired) electrons. The van der Waals surface area contributed by atoms with E-state index < -0.39 is 41.7 Å². The van der Waals surface area contributed by atoms with Gasteiger partial charge >= 0.3 is 30.1 Å². The first kappa shape index (κ1) is 19.8. The van der Waals surface area contributed by atoms with Crippen LogP contribution in [0.25, 0.3) is 0 Å². The van der Waals surface area contributed by atoms with Crippen LogP contribution in [0.3, 0.4) is 0 Å². The fourth-order valence-electron chi connectivity index (χ4n) is 0.786. The molecule has 1 N–H and O–H groups in total. The largest absolute Gasteiger partial charge is 0.445 e. The summed E-state index contributed by atoms with van der Waals surface area (Å²) in [5, 5.41) is 7.37. The molecule has 0 aliphatic carbocycles. The predicted octanol–water partition coefficient (Wildman–Crippen LogP) is 4.19. The van der Waals surface area contributed by atoms with E-state index in [1.807, 2.05) is 0 Å². The second-order valence-corrected chi connectivity index (χ2v) is 3.39. The Morgan fingerprint density at radius 2 is 0.905 bits per heavy atom. The van der Waals surface area contributed by atoms with E-state index in [2.05, 4.69) is 0 Å². The van der Waals surface area contributed by atoms with Crippen molar-refractivity contribution in [2.75, 3.05) is 0 Å². The highest BCUT2D eigenvalue weighted by atomic mass is 19.4. The molecule has 0 saturated heterocycles. The van der Waals surface area contributed by atoms with E-state index in [1.165, 1.54) is 0 Å². The van der Waals surface area contributed by atoms with Crippen molar-refractivity contribution in [2.24, 2.45) is 0 Å². The van der Waals surface area contributed by atoms with Crippen LogP contribution in [0.15, 0.2) is 11.7 Å². The Balaban J connectivity index is 6.15. The third kappa shape index (κ3) is 3.03. The van der Waals surface area contributed by atoms with Gasteiger partial charge in [0.2, 0.25) is 11.7 Å². The minimum Gasteiger partial charge on any atom is -0.331 e. The Hall–Kier alpha value is -1.21. The normalized spacial score (nSPS) is 16.9. The minimum absolute atomic E-state index is 4.52. The molecule has 0 fully saturated rings. The van der Waals surface area contributed by atoms with Gasteiger partial charge in [0.25, 0.3) is 0 Å². The van der Waals surface area contributed by atoms with Gasteiger partial charge in [-0.3, -0.25) is 0 Å². The molecule has 0 heterocycles. The molecule has 0 aromatic rings. The quantitative estimate of drug-likeness (QED) is 0.756. The van der Waals surface area contributed by atoms with E-state index in [-0.39, 0.29) is 0 Å². The Labute approximate surface area is 105 Å². The number of hydrogen-bond donors (Lipinski definition) is 1. The summed E-state index contributed by atoms with van der Waals surface area (Å²) in [6, 6.07) is 0. The summed E-state index contributed by atoms with van der Waals surface area (Å²) in [5.74, 6) is -31.6. The third-order valence-electron chi connectivity index (χ3n) is 1.88. The van der Waals surface area contributed by atoms with E-state index in [0.717, 1.165) is 0 Å². The van der Waals surface area contributed by atoms with Crippen molar-refractivity contribution in [1.29, 1.82) is 0 Å². The van der Waals surface area contributed by atoms with E-state index in [1.54, 1.807) is 0 Å². The summed E-state index contributed by atoms with van der Waals surface area (Å²) in [6.45, 7) is 0. The zero-order valence-electron chi connectivity index (χ0n) is 8.86. The molecule has 0 amide bonds. The van der Waals surface area contributed by atoms with Gasteiger partial charge in [-0.1, -0.05) is 0 Å². The van der Waals surface area contributed by atoms with Gasteiger partial charge in [-0.15, -0.1) is 0 Å². The summed E-state index contributed by atoms with van der Waals surface area (Å²) in [5.41, 5.74) is 0. The van der Waals surface area contributed by atoms with Crippen LogP contribution in [0.1, 0.15) is 0 Å². The van der Waals surface area contributed by atoms with Gasteiger partial charge in [-0.05, 0) is 0 Å². The lowest BCUT2D eigenvalue weighted by molar-refractivity contribution is -0.413. The fourth-order valence-corrected chi connectivity index (χ4v) is 0.786. The van der Waals surface area contributed by atoms with Crippen LogP contribution in [-0.2, 0) is 0 Å². The van der Waals surface area contributed by atoms with Crippen molar-refractivity contribution >= 4 is 0 Å². The zero-order chi connectivity index (χ0) is 17.7. The average Bonchev–Trinajstić information content (AvgIpc) is 2.23. The number of rotatable bonds is 4. The summed E-state index contributed by atoms with van der Waals surface area (Å²) < 4.78 is 157. The van der Waals surface area contributed by atoms with Crippen LogP contribution in [0.2, 0.25) is 0 Å². The standard InChI is InChI=1S/C7HF13O/c8-1(2(9)4(12,13)14)3(10,11)5(15,16)6(17,18)7(19,20)21/h21H. The lowest BCUT2D eigenvalue weighted by Gasteiger charge is -2.33. The average molecular weight is 348 g/mol. The molecule has 0 aromatic heterocycles. The highest BCUT2D eigenvalue weighted by molar-refractivity contribution is 5.20. The SMILES string of the molecule is OC(F)(F)C(F)(F)C(F)(F)C(F)(F)C(F)=C(F)C(F)(F)F. The molecule has 0 unspecified atom stereocenters. The third-order valence-corrected chi connectivity index (χ3v) is 1.88. The molecule has 21 heavy (non-hydrogen) atoms. The first-order chi connectivity index (χ1) is 8.82. The highest BCUT2D eigenvalue weighted by Crippen LogP contribution is 2.55. The van der Waals surface area contributed by atoms with Crippen molar-refractivity contribution < 1.29 is 62.2 Å². The molecular formula is C7HF13O. The number of alkyl halides is 11. The smallest absolute Gasteiger partial charge is 0.331 e. The number of aliphatic hydroxyl groups is 1. The van der Waals surface area contributed by atoms with Crippen molar-refractivity contribution in [3.63, 3.8) is 0 Å². The predicted molar refractivity (Wildman–Crippen MR) is 37.3 cm³/mol. The van der Waals surface area contributed by atoms with Gasteiger partial charge in [-0.25, -0.2) is 4.39 Å². The van der Waals surface area contributed by atoms with Crippen molar-refractivity contribution in [3.05, 3.63) is 11.7 Å². The summed E-state index contributed by atoms with van der Waals surface area (Å²) in [4.78, 5) is 0. The van der Waals surface area contributed by atoms with Crippen LogP contribution in [0, 0.1) is 0 Å². The Kier molecular flexibility index (Phi) is 4.63. The Bertz CT molecular complexity index is 425. The molecule has 0 bridgehead atoms. The first-order valence-electron chi connectivity index (χ1n) is 4.18. The lowest BCUT2D eigenvalue weighted by atomic mass is 10.0. The van der Waals surface area contributed by atoms with E-state index in [0.29, 0.717) is 0 Å². The monoisotopic (exact) mass is 348 g/mol. The lowest BCUT2D eigenvalue weighted by Crippen LogP contribution is -2.62. The molecule has 0 rings (SSSR count). The molecule has 0 aromatic carbocycles. The van der Waals surface area contributed by atoms with E-state index in [9.17, 15) is 57.1 Å². The highest BCUT2D eigenvalue weighted by Gasteiger charge is 2.82. The molecule has 0 aliphatic rings. The van der Waals surface area contributed by atoms with Crippen molar-refractivity contribution in [3.8, 4) is 0 Å². The zero-order valence-corrected chi connectivity index (χ0v) is 8.86. The van der Waals surface area contributed by atoms with Gasteiger partial charge in [0.05, 0.1) is 0 Å². The Morgan fingerprint density at radius 1 is 0.571 bits per heavy atom. The molecule has 0 spiro atoms. The van der Waals surface area contributed by atoms with Gasteiger partial charge < -0.3 is 5.11 Å². The maximum atomic E-state index is 12.6. The number of hydrogen-bond acceptors (Lipinski definition) is 1. The van der Waals surface area contributed by atoms with Crippen LogP contribution in [-0.4, -0.2) is 35.2 Å². The van der Waals surface area contributed by atoms with E-state index in [4.69, 9.17) is 5.11 Å². The molecular weight excluding hydrogens is 347 g/mol. The number of allylic oxidation sites excluding steroid dienone is 2. The van der Waals surface area contributed by atoms with Gasteiger partial charge in [0.15, 0.2) is 0 Å². The van der Waals surface area contributed by atoms with Crippen molar-refractivity contribution in [2.45, 2.75) is 30.1 Å². The molecule has 14 heteroatoms. The summed E-state index contributed by atoms with van der Waals surface area (Å²) >= 11 is 0. The maximum Gasteiger partial charge on any atom is 0.445 e. The maximum absolute atomic E-state index is 12.6. The molecule has 126 valence electrons. The molecule has 1 nitrogen and oxygen atoms in total. The fraction of sp³-hybridized carbons (Fsp3) is 0.714. The summed E-state index contributed by atoms with van der Waals surface area (Å²) in [7, 11) is 0. The summed E-state index contributed by atoms with van der Waals surface area (Å²) in [6.07, 6.45) is -13.5. The number of halogens is 13. The second kappa shape index (κ2) is 4.91. The molecule has 0 atom stereocenters. The van der Waals surface area contributed by atoms with E-state index >= 15 is 0 Å². The molecule has 0 saturated carbocycles. The second-order valence-electron chi connectivity index (χ2n) is 3.39. The van der Waals surface area contributed by atoms with Gasteiger partial charge in [-0.2, -0.15) is 52.7 Å². The van der Waals surface area contributed by atoms with Gasteiger partial charge in [0, 0.05) is 0 Å². The van der Waals surface area contributed by atoms with Crippen molar-refractivity contribution in [1.82, 2.24) is 0 Å².